The molecule has 43 heavy (non-hydrogen) atoms. The van der Waals surface area contributed by atoms with E-state index in [0.29, 0.717) is 24.2 Å². The predicted octanol–water partition coefficient (Wildman–Crippen LogP) is 6.04. The molecule has 2 atom stereocenters. The molecule has 1 aromatic heterocycles. The third-order valence-electron chi connectivity index (χ3n) is 9.28. The first-order valence-electron chi connectivity index (χ1n) is 14.4. The number of carbonyl (C=O) groups is 2. The Morgan fingerprint density at radius 3 is 2.49 bits per heavy atom. The van der Waals surface area contributed by atoms with Gasteiger partial charge < -0.3 is 14.0 Å². The predicted molar refractivity (Wildman–Crippen MR) is 153 cm³/mol. The first kappa shape index (κ1) is 29.5. The van der Waals surface area contributed by atoms with Crippen molar-refractivity contribution in [1.82, 2.24) is 9.29 Å². The topological polar surface area (TPSA) is 104 Å². The fourth-order valence-corrected chi connectivity index (χ4v) is 8.12. The zero-order chi connectivity index (χ0) is 30.7. The minimum atomic E-state index is -4.67. The van der Waals surface area contributed by atoms with E-state index in [-0.39, 0.29) is 23.4 Å². The number of aromatic nitrogens is 1. The summed E-state index contributed by atoms with van der Waals surface area (Å²) in [6.07, 6.45) is -0.368. The molecule has 0 spiro atoms. The molecule has 8 nitrogen and oxygen atoms in total. The highest BCUT2D eigenvalue weighted by Gasteiger charge is 2.64. The lowest BCUT2D eigenvalue weighted by Crippen LogP contribution is -2.34. The number of hydrogen-bond donors (Lipinski definition) is 1. The highest BCUT2D eigenvalue weighted by molar-refractivity contribution is 7.90. The number of nitrogens with one attached hydrogen (secondary N) is 1. The summed E-state index contributed by atoms with van der Waals surface area (Å²) in [6, 6.07) is 10.8. The molecule has 2 aromatic carbocycles. The largest absolute Gasteiger partial charge is 0.497 e. The second-order valence-corrected chi connectivity index (χ2v) is 13.7. The number of esters is 1. The van der Waals surface area contributed by atoms with Gasteiger partial charge in [0.2, 0.25) is 10.0 Å². The Bertz CT molecular complexity index is 1730. The van der Waals surface area contributed by atoms with Crippen LogP contribution < -0.4 is 9.46 Å². The zero-order valence-corrected chi connectivity index (χ0v) is 24.7. The van der Waals surface area contributed by atoms with Gasteiger partial charge >= 0.3 is 12.1 Å². The van der Waals surface area contributed by atoms with Crippen molar-refractivity contribution in [3.05, 3.63) is 53.1 Å². The Hall–Kier alpha value is -3.54. The third-order valence-corrected chi connectivity index (χ3v) is 10.5. The fourth-order valence-electron chi connectivity index (χ4n) is 7.11. The van der Waals surface area contributed by atoms with Gasteiger partial charge in [0, 0.05) is 34.5 Å². The van der Waals surface area contributed by atoms with Crippen LogP contribution in [0.4, 0.5) is 13.2 Å². The van der Waals surface area contributed by atoms with Crippen LogP contribution in [0.2, 0.25) is 0 Å². The zero-order valence-electron chi connectivity index (χ0n) is 23.9. The third kappa shape index (κ3) is 5.27. The molecule has 2 aliphatic carbocycles. The normalized spacial score (nSPS) is 21.7. The van der Waals surface area contributed by atoms with E-state index in [9.17, 15) is 31.2 Å². The second kappa shape index (κ2) is 10.6. The maximum atomic E-state index is 13.3. The molecule has 2 fully saturated rings. The van der Waals surface area contributed by atoms with Crippen LogP contribution in [0.3, 0.4) is 0 Å². The van der Waals surface area contributed by atoms with Gasteiger partial charge in [-0.3, -0.25) is 9.59 Å². The maximum Gasteiger partial charge on any atom is 0.390 e. The second-order valence-electron chi connectivity index (χ2n) is 11.9. The van der Waals surface area contributed by atoms with Crippen LogP contribution >= 0.6 is 0 Å². The van der Waals surface area contributed by atoms with Crippen LogP contribution in [-0.2, 0) is 26.1 Å². The average Bonchev–Trinajstić information content (AvgIpc) is 3.65. The highest BCUT2D eigenvalue weighted by atomic mass is 32.2. The van der Waals surface area contributed by atoms with Gasteiger partial charge in [0.05, 0.1) is 37.5 Å². The summed E-state index contributed by atoms with van der Waals surface area (Å²) in [7, 11) is -1.56. The van der Waals surface area contributed by atoms with Gasteiger partial charge in [0.15, 0.2) is 0 Å². The van der Waals surface area contributed by atoms with Crippen LogP contribution in [0, 0.1) is 5.41 Å². The van der Waals surface area contributed by atoms with E-state index in [4.69, 9.17) is 9.47 Å². The quantitative estimate of drug-likeness (QED) is 0.324. The lowest BCUT2D eigenvalue weighted by atomic mass is 9.81. The molecule has 12 heteroatoms. The van der Waals surface area contributed by atoms with E-state index in [2.05, 4.69) is 4.57 Å². The molecule has 2 saturated carbocycles. The van der Waals surface area contributed by atoms with E-state index in [1.807, 2.05) is 18.2 Å². The monoisotopic (exact) mass is 618 g/mol. The molecule has 0 bridgehead atoms. The van der Waals surface area contributed by atoms with E-state index < -0.39 is 39.7 Å². The van der Waals surface area contributed by atoms with Gasteiger partial charge in [-0.25, -0.2) is 13.1 Å². The summed E-state index contributed by atoms with van der Waals surface area (Å²) < 4.78 is 77.2. The van der Waals surface area contributed by atoms with Gasteiger partial charge in [-0.2, -0.15) is 13.2 Å². The number of rotatable bonds is 7. The molecule has 230 valence electrons. The molecule has 0 saturated heterocycles. The smallest absolute Gasteiger partial charge is 0.390 e. The van der Waals surface area contributed by atoms with E-state index >= 15 is 0 Å². The Labute approximate surface area is 247 Å². The molecule has 3 aliphatic rings. The summed E-state index contributed by atoms with van der Waals surface area (Å²) in [6.45, 7) is 0.300. The van der Waals surface area contributed by atoms with Crippen molar-refractivity contribution in [1.29, 1.82) is 0 Å². The summed E-state index contributed by atoms with van der Waals surface area (Å²) >= 11 is 0. The number of benzene rings is 2. The molecule has 1 amide bonds. The minimum Gasteiger partial charge on any atom is -0.497 e. The lowest BCUT2D eigenvalue weighted by Gasteiger charge is -2.24. The van der Waals surface area contributed by atoms with Crippen molar-refractivity contribution < 1.29 is 40.7 Å². The number of hydrogen-bond acceptors (Lipinski definition) is 6. The van der Waals surface area contributed by atoms with E-state index in [1.54, 1.807) is 24.0 Å². The maximum absolute atomic E-state index is 13.3. The van der Waals surface area contributed by atoms with Crippen molar-refractivity contribution >= 4 is 32.8 Å². The molecule has 3 aromatic rings. The van der Waals surface area contributed by atoms with Crippen LogP contribution in [0.25, 0.3) is 22.2 Å². The molecule has 1 aliphatic heterocycles. The summed E-state index contributed by atoms with van der Waals surface area (Å²) in [5.74, 6) is -1.76. The Balaban J connectivity index is 1.52. The Kier molecular flexibility index (Phi) is 7.26. The van der Waals surface area contributed by atoms with Gasteiger partial charge in [0.25, 0.3) is 5.91 Å². The number of carbonyl (C=O) groups excluding carboxylic acids is 2. The van der Waals surface area contributed by atoms with Crippen molar-refractivity contribution in [2.45, 2.75) is 69.5 Å². The molecular weight excluding hydrogens is 585 g/mol. The number of ether oxygens (including phenoxy) is 2. The minimum absolute atomic E-state index is 0.00255. The highest BCUT2D eigenvalue weighted by Crippen LogP contribution is 2.66. The molecular formula is C31H33F3N2O6S. The van der Waals surface area contributed by atoms with E-state index in [0.717, 1.165) is 59.9 Å². The summed E-state index contributed by atoms with van der Waals surface area (Å²) in [4.78, 5) is 26.4. The van der Waals surface area contributed by atoms with Crippen LogP contribution in [0.15, 0.2) is 36.4 Å². The molecule has 2 unspecified atom stereocenters. The lowest BCUT2D eigenvalue weighted by molar-refractivity contribution is -0.147. The molecule has 6 rings (SSSR count). The standard InChI is InChI=1S/C31H33F3N2O6S/c1-41-20-9-11-21-23(15-20)24-16-30(24,29(38)42-2)17-36-25-14-19(28(37)35-43(39,40)13-12-31(32,33)34)8-10-22(25)26(27(21)36)18-6-4-3-5-7-18/h8-11,14-15,18,24H,3-7,12-13,16-17H2,1-2H3,(H,35,37). The number of amides is 1. The van der Waals surface area contributed by atoms with Crippen LogP contribution in [0.5, 0.6) is 5.75 Å². The summed E-state index contributed by atoms with van der Waals surface area (Å²) in [5.41, 5.74) is 3.91. The number of fused-ring (bicyclic) bond motifs is 7. The molecule has 0 radical (unpaired) electrons. The fraction of sp³-hybridized carbons (Fsp3) is 0.484. The van der Waals surface area contributed by atoms with Crippen LogP contribution in [-0.4, -0.2) is 51.0 Å². The average molecular weight is 619 g/mol. The van der Waals surface area contributed by atoms with Crippen molar-refractivity contribution in [3.8, 4) is 17.0 Å². The Morgan fingerprint density at radius 2 is 1.81 bits per heavy atom. The van der Waals surface area contributed by atoms with Crippen molar-refractivity contribution in [3.63, 3.8) is 0 Å². The molecule has 2 heterocycles. The Morgan fingerprint density at radius 1 is 1.07 bits per heavy atom. The number of methoxy groups -OCH3 is 2. The summed E-state index contributed by atoms with van der Waals surface area (Å²) in [5, 5.41) is 0.902. The first-order chi connectivity index (χ1) is 20.4. The van der Waals surface area contributed by atoms with Gasteiger partial charge in [-0.05, 0) is 66.6 Å². The van der Waals surface area contributed by atoms with Gasteiger partial charge in [-0.15, -0.1) is 0 Å². The van der Waals surface area contributed by atoms with Gasteiger partial charge in [0.1, 0.15) is 5.75 Å². The van der Waals surface area contributed by atoms with Crippen LogP contribution in [0.1, 0.15) is 78.3 Å². The van der Waals surface area contributed by atoms with Crippen molar-refractivity contribution in [2.24, 2.45) is 5.41 Å². The van der Waals surface area contributed by atoms with E-state index in [1.165, 1.54) is 13.2 Å². The SMILES string of the molecule is COC(=O)C12CC1c1cc(OC)ccc1-c1c(C3CCCCC3)c3ccc(C(=O)NS(=O)(=O)CCC(F)(F)F)cc3n1C2. The van der Waals surface area contributed by atoms with Gasteiger partial charge in [-0.1, -0.05) is 25.3 Å². The number of alkyl halides is 3. The number of sulfonamides is 1. The molecule has 1 N–H and O–H groups in total. The number of nitrogens with zero attached hydrogens (tertiary/aromatic N) is 1. The first-order valence-corrected chi connectivity index (χ1v) is 16.1. The van der Waals surface area contributed by atoms with Crippen molar-refractivity contribution in [2.75, 3.05) is 20.0 Å². The number of halogens is 3.